The van der Waals surface area contributed by atoms with E-state index in [0.29, 0.717) is 5.82 Å². The van der Waals surface area contributed by atoms with E-state index < -0.39 is 0 Å². The zero-order valence-electron chi connectivity index (χ0n) is 9.41. The third-order valence-corrected chi connectivity index (χ3v) is 2.63. The van der Waals surface area contributed by atoms with Gasteiger partial charge in [0.15, 0.2) is 0 Å². The van der Waals surface area contributed by atoms with Crippen molar-refractivity contribution >= 4 is 0 Å². The Morgan fingerprint density at radius 3 is 2.50 bits per heavy atom. The fourth-order valence-electron chi connectivity index (χ4n) is 1.69. The summed E-state index contributed by atoms with van der Waals surface area (Å²) < 4.78 is 0. The van der Waals surface area contributed by atoms with E-state index in [-0.39, 0.29) is 0 Å². The van der Waals surface area contributed by atoms with Crippen molar-refractivity contribution in [3.8, 4) is 17.3 Å². The molecule has 1 aromatic heterocycles. The fraction of sp³-hybridized carbons (Fsp3) is 0.231. The SMILES string of the molecule is CCc1ccc(-c2nc(C#N)[nH]c2C)cc1. The lowest BCUT2D eigenvalue weighted by atomic mass is 10.1. The average Bonchev–Trinajstić information content (AvgIpc) is 2.71. The molecule has 3 nitrogen and oxygen atoms in total. The molecule has 1 heterocycles. The highest BCUT2D eigenvalue weighted by Crippen LogP contribution is 2.21. The highest BCUT2D eigenvalue weighted by atomic mass is 14.9. The van der Waals surface area contributed by atoms with Gasteiger partial charge in [-0.15, -0.1) is 0 Å². The Morgan fingerprint density at radius 1 is 1.31 bits per heavy atom. The number of hydrogen-bond donors (Lipinski definition) is 1. The van der Waals surface area contributed by atoms with Crippen LogP contribution in [0.4, 0.5) is 0 Å². The number of imidazole rings is 1. The van der Waals surface area contributed by atoms with Gasteiger partial charge in [-0.3, -0.25) is 0 Å². The average molecular weight is 211 g/mol. The maximum absolute atomic E-state index is 8.76. The Labute approximate surface area is 94.8 Å². The summed E-state index contributed by atoms with van der Waals surface area (Å²) in [5.74, 6) is 0.368. The number of H-pyrrole nitrogens is 1. The molecule has 16 heavy (non-hydrogen) atoms. The lowest BCUT2D eigenvalue weighted by molar-refractivity contribution is 1.14. The summed E-state index contributed by atoms with van der Waals surface area (Å²) >= 11 is 0. The predicted molar refractivity (Wildman–Crippen MR) is 62.9 cm³/mol. The van der Waals surface area contributed by atoms with Crippen LogP contribution in [0, 0.1) is 18.3 Å². The lowest BCUT2D eigenvalue weighted by Gasteiger charge is -2.00. The first-order valence-electron chi connectivity index (χ1n) is 5.30. The molecule has 1 aromatic carbocycles. The molecule has 2 aromatic rings. The van der Waals surface area contributed by atoms with Crippen LogP contribution in [0.25, 0.3) is 11.3 Å². The first-order valence-corrected chi connectivity index (χ1v) is 5.30. The summed E-state index contributed by atoms with van der Waals surface area (Å²) in [6.45, 7) is 4.06. The zero-order valence-corrected chi connectivity index (χ0v) is 9.41. The van der Waals surface area contributed by atoms with Gasteiger partial charge in [0.1, 0.15) is 6.07 Å². The highest BCUT2D eigenvalue weighted by molar-refractivity contribution is 5.62. The first-order chi connectivity index (χ1) is 7.74. The second-order valence-electron chi connectivity index (χ2n) is 3.72. The number of rotatable bonds is 2. The van der Waals surface area contributed by atoms with Gasteiger partial charge < -0.3 is 4.98 Å². The molecule has 0 aliphatic heterocycles. The van der Waals surface area contributed by atoms with Crippen LogP contribution in [0.3, 0.4) is 0 Å². The molecule has 2 rings (SSSR count). The second kappa shape index (κ2) is 4.19. The van der Waals surface area contributed by atoms with E-state index in [9.17, 15) is 0 Å². The molecule has 80 valence electrons. The Bertz CT molecular complexity index is 529. The van der Waals surface area contributed by atoms with Crippen LogP contribution in [0.15, 0.2) is 24.3 Å². The summed E-state index contributed by atoms with van der Waals surface area (Å²) in [7, 11) is 0. The maximum Gasteiger partial charge on any atom is 0.210 e. The van der Waals surface area contributed by atoms with E-state index in [1.807, 2.05) is 25.1 Å². The van der Waals surface area contributed by atoms with E-state index in [0.717, 1.165) is 23.4 Å². The smallest absolute Gasteiger partial charge is 0.210 e. The van der Waals surface area contributed by atoms with Crippen molar-refractivity contribution in [2.24, 2.45) is 0 Å². The largest absolute Gasteiger partial charge is 0.333 e. The predicted octanol–water partition coefficient (Wildman–Crippen LogP) is 2.82. The molecule has 0 atom stereocenters. The molecule has 0 aliphatic rings. The van der Waals surface area contributed by atoms with Crippen molar-refractivity contribution in [1.82, 2.24) is 9.97 Å². The number of hydrogen-bond acceptors (Lipinski definition) is 2. The van der Waals surface area contributed by atoms with Gasteiger partial charge in [-0.05, 0) is 18.9 Å². The second-order valence-corrected chi connectivity index (χ2v) is 3.72. The van der Waals surface area contributed by atoms with Gasteiger partial charge in [-0.2, -0.15) is 5.26 Å². The van der Waals surface area contributed by atoms with E-state index in [1.165, 1.54) is 5.56 Å². The molecular weight excluding hydrogens is 198 g/mol. The summed E-state index contributed by atoms with van der Waals surface area (Å²) in [6, 6.07) is 10.3. The van der Waals surface area contributed by atoms with Gasteiger partial charge in [-0.1, -0.05) is 31.2 Å². The van der Waals surface area contributed by atoms with Crippen molar-refractivity contribution in [2.75, 3.05) is 0 Å². The molecular formula is C13H13N3. The Hall–Kier alpha value is -2.08. The molecule has 0 saturated carbocycles. The fourth-order valence-corrected chi connectivity index (χ4v) is 1.69. The summed E-state index contributed by atoms with van der Waals surface area (Å²) in [4.78, 5) is 7.19. The lowest BCUT2D eigenvalue weighted by Crippen LogP contribution is -1.83. The molecule has 0 fully saturated rings. The van der Waals surface area contributed by atoms with Gasteiger partial charge in [-0.25, -0.2) is 4.98 Å². The monoisotopic (exact) mass is 211 g/mol. The summed E-state index contributed by atoms with van der Waals surface area (Å²) in [6.07, 6.45) is 1.03. The Balaban J connectivity index is 2.42. The molecule has 0 aliphatic carbocycles. The van der Waals surface area contributed by atoms with Crippen LogP contribution in [0.5, 0.6) is 0 Å². The van der Waals surface area contributed by atoms with Gasteiger partial charge >= 0.3 is 0 Å². The molecule has 0 unspecified atom stereocenters. The molecule has 1 N–H and O–H groups in total. The number of aromatic amines is 1. The van der Waals surface area contributed by atoms with Crippen LogP contribution in [0.2, 0.25) is 0 Å². The minimum Gasteiger partial charge on any atom is -0.333 e. The molecule has 0 saturated heterocycles. The van der Waals surface area contributed by atoms with Gasteiger partial charge in [0.2, 0.25) is 5.82 Å². The molecule has 0 radical (unpaired) electrons. The van der Waals surface area contributed by atoms with Crippen LogP contribution in [0.1, 0.15) is 24.0 Å². The molecule has 3 heteroatoms. The maximum atomic E-state index is 8.76. The van der Waals surface area contributed by atoms with Gasteiger partial charge in [0.25, 0.3) is 0 Å². The van der Waals surface area contributed by atoms with E-state index >= 15 is 0 Å². The minimum atomic E-state index is 0.368. The number of aromatic nitrogens is 2. The highest BCUT2D eigenvalue weighted by Gasteiger charge is 2.07. The van der Waals surface area contributed by atoms with Crippen molar-refractivity contribution in [3.63, 3.8) is 0 Å². The number of benzene rings is 1. The van der Waals surface area contributed by atoms with E-state index in [4.69, 9.17) is 5.26 Å². The molecule has 0 spiro atoms. The Kier molecular flexibility index (Phi) is 2.74. The van der Waals surface area contributed by atoms with Crippen molar-refractivity contribution in [3.05, 3.63) is 41.3 Å². The van der Waals surface area contributed by atoms with Gasteiger partial charge in [0, 0.05) is 11.3 Å². The van der Waals surface area contributed by atoms with Gasteiger partial charge in [0.05, 0.1) is 5.69 Å². The third-order valence-electron chi connectivity index (χ3n) is 2.63. The number of nitriles is 1. The number of nitrogens with zero attached hydrogens (tertiary/aromatic N) is 2. The topological polar surface area (TPSA) is 52.5 Å². The summed E-state index contributed by atoms with van der Waals surface area (Å²) in [5.41, 5.74) is 4.14. The van der Waals surface area contributed by atoms with Crippen molar-refractivity contribution < 1.29 is 0 Å². The third kappa shape index (κ3) is 1.82. The van der Waals surface area contributed by atoms with Crippen molar-refractivity contribution in [2.45, 2.75) is 20.3 Å². The minimum absolute atomic E-state index is 0.368. The van der Waals surface area contributed by atoms with Crippen LogP contribution in [-0.2, 0) is 6.42 Å². The zero-order chi connectivity index (χ0) is 11.5. The first kappa shape index (κ1) is 10.4. The van der Waals surface area contributed by atoms with Crippen molar-refractivity contribution in [1.29, 1.82) is 5.26 Å². The van der Waals surface area contributed by atoms with E-state index in [1.54, 1.807) is 0 Å². The molecule has 0 amide bonds. The number of aryl methyl sites for hydroxylation is 2. The van der Waals surface area contributed by atoms with Crippen LogP contribution >= 0.6 is 0 Å². The normalized spacial score (nSPS) is 10.1. The summed E-state index contributed by atoms with van der Waals surface area (Å²) in [5, 5.41) is 8.76. The Morgan fingerprint density at radius 2 is 2.00 bits per heavy atom. The standard InChI is InChI=1S/C13H13N3/c1-3-10-4-6-11(7-5-10)13-9(2)15-12(8-14)16-13/h4-7H,3H2,1-2H3,(H,15,16). The molecule has 0 bridgehead atoms. The quantitative estimate of drug-likeness (QED) is 0.830. The van der Waals surface area contributed by atoms with E-state index in [2.05, 4.69) is 29.0 Å². The van der Waals surface area contributed by atoms with Crippen LogP contribution in [-0.4, -0.2) is 9.97 Å². The van der Waals surface area contributed by atoms with Crippen LogP contribution < -0.4 is 0 Å². The number of nitrogens with one attached hydrogen (secondary N) is 1.